The van der Waals surface area contributed by atoms with Crippen LogP contribution in [0.2, 0.25) is 0 Å². The molecule has 0 aliphatic heterocycles. The van der Waals surface area contributed by atoms with E-state index in [1.54, 1.807) is 0 Å². The Morgan fingerprint density at radius 3 is 2.53 bits per heavy atom. The van der Waals surface area contributed by atoms with E-state index in [2.05, 4.69) is 18.7 Å². The van der Waals surface area contributed by atoms with E-state index in [4.69, 9.17) is 5.11 Å². The van der Waals surface area contributed by atoms with Gasteiger partial charge in [0.25, 0.3) is 0 Å². The highest BCUT2D eigenvalue weighted by Gasteiger charge is 2.27. The van der Waals surface area contributed by atoms with Crippen molar-refractivity contribution in [2.75, 3.05) is 19.7 Å². The lowest BCUT2D eigenvalue weighted by atomic mass is 10.0. The maximum Gasteiger partial charge on any atom is 0.0431 e. The minimum absolute atomic E-state index is 0.347. The summed E-state index contributed by atoms with van der Waals surface area (Å²) in [5, 5.41) is 8.81. The Bertz CT molecular complexity index is 161. The Balaban J connectivity index is 2.34. The molecule has 0 radical (unpaired) electrons. The van der Waals surface area contributed by atoms with Gasteiger partial charge in [0.2, 0.25) is 0 Å². The van der Waals surface area contributed by atoms with E-state index in [0.717, 1.165) is 24.8 Å². The molecule has 0 aromatic rings. The second-order valence-corrected chi connectivity index (χ2v) is 4.94. The topological polar surface area (TPSA) is 23.5 Å². The number of aliphatic hydroxyl groups is 1. The van der Waals surface area contributed by atoms with Crippen molar-refractivity contribution >= 4 is 0 Å². The van der Waals surface area contributed by atoms with Gasteiger partial charge in [-0.3, -0.25) is 0 Å². The first-order valence-corrected chi connectivity index (χ1v) is 6.64. The van der Waals surface area contributed by atoms with Crippen LogP contribution in [0.3, 0.4) is 0 Å². The van der Waals surface area contributed by atoms with Gasteiger partial charge in [0.05, 0.1) is 0 Å². The van der Waals surface area contributed by atoms with Crippen LogP contribution in [0.25, 0.3) is 0 Å². The highest BCUT2D eigenvalue weighted by Crippen LogP contribution is 2.29. The van der Waals surface area contributed by atoms with Crippen LogP contribution in [0.4, 0.5) is 0 Å². The Morgan fingerprint density at radius 2 is 2.00 bits per heavy atom. The van der Waals surface area contributed by atoms with Crippen molar-refractivity contribution in [2.24, 2.45) is 5.92 Å². The van der Waals surface area contributed by atoms with Gasteiger partial charge in [-0.2, -0.15) is 0 Å². The Morgan fingerprint density at radius 1 is 1.20 bits per heavy atom. The molecule has 2 nitrogen and oxygen atoms in total. The molecule has 0 spiro atoms. The summed E-state index contributed by atoms with van der Waals surface area (Å²) < 4.78 is 0. The molecule has 1 aliphatic rings. The summed E-state index contributed by atoms with van der Waals surface area (Å²) in [5.41, 5.74) is 0. The van der Waals surface area contributed by atoms with Gasteiger partial charge in [0.1, 0.15) is 0 Å². The predicted molar refractivity (Wildman–Crippen MR) is 65.0 cm³/mol. The van der Waals surface area contributed by atoms with Crippen molar-refractivity contribution in [3.63, 3.8) is 0 Å². The van der Waals surface area contributed by atoms with E-state index in [1.165, 1.54) is 38.8 Å². The Labute approximate surface area is 94.7 Å². The molecule has 0 amide bonds. The fourth-order valence-electron chi connectivity index (χ4n) is 2.83. The molecule has 1 saturated carbocycles. The lowest BCUT2D eigenvalue weighted by molar-refractivity contribution is 0.158. The molecule has 2 unspecified atom stereocenters. The van der Waals surface area contributed by atoms with Crippen molar-refractivity contribution < 1.29 is 5.11 Å². The first kappa shape index (κ1) is 13.0. The summed E-state index contributed by atoms with van der Waals surface area (Å²) in [4.78, 5) is 2.66. The van der Waals surface area contributed by atoms with Crippen molar-refractivity contribution in [3.05, 3.63) is 0 Å². The van der Waals surface area contributed by atoms with E-state index in [9.17, 15) is 0 Å². The molecule has 0 bridgehead atoms. The molecule has 1 N–H and O–H groups in total. The van der Waals surface area contributed by atoms with Gasteiger partial charge in [-0.25, -0.2) is 0 Å². The molecule has 90 valence electrons. The van der Waals surface area contributed by atoms with Gasteiger partial charge < -0.3 is 10.0 Å². The number of rotatable bonds is 7. The van der Waals surface area contributed by atoms with Crippen LogP contribution in [0.15, 0.2) is 0 Å². The van der Waals surface area contributed by atoms with E-state index in [0.29, 0.717) is 6.61 Å². The van der Waals surface area contributed by atoms with Crippen LogP contribution >= 0.6 is 0 Å². The van der Waals surface area contributed by atoms with Crippen molar-refractivity contribution in [3.8, 4) is 0 Å². The maximum absolute atomic E-state index is 8.81. The standard InChI is InChI=1S/C13H27NO/c1-3-9-14(10-4-5-11-15)13-8-6-7-12(13)2/h12-13,15H,3-11H2,1-2H3. The van der Waals surface area contributed by atoms with Gasteiger partial charge in [-0.05, 0) is 51.1 Å². The minimum atomic E-state index is 0.347. The molecule has 2 atom stereocenters. The fraction of sp³-hybridized carbons (Fsp3) is 1.00. The third kappa shape index (κ3) is 4.12. The number of hydrogen-bond acceptors (Lipinski definition) is 2. The highest BCUT2D eigenvalue weighted by molar-refractivity contribution is 4.82. The second-order valence-electron chi connectivity index (χ2n) is 4.94. The number of nitrogens with zero attached hydrogens (tertiary/aromatic N) is 1. The number of unbranched alkanes of at least 4 members (excludes halogenated alkanes) is 1. The van der Waals surface area contributed by atoms with E-state index in [-0.39, 0.29) is 0 Å². The van der Waals surface area contributed by atoms with Crippen LogP contribution in [-0.2, 0) is 0 Å². The van der Waals surface area contributed by atoms with E-state index < -0.39 is 0 Å². The number of hydrogen-bond donors (Lipinski definition) is 1. The molecular formula is C13H27NO. The highest BCUT2D eigenvalue weighted by atomic mass is 16.2. The zero-order valence-corrected chi connectivity index (χ0v) is 10.4. The normalized spacial score (nSPS) is 26.4. The van der Waals surface area contributed by atoms with Gasteiger partial charge in [0.15, 0.2) is 0 Å². The lowest BCUT2D eigenvalue weighted by Crippen LogP contribution is -2.38. The zero-order chi connectivity index (χ0) is 11.1. The molecule has 1 rings (SSSR count). The molecular weight excluding hydrogens is 186 g/mol. The Kier molecular flexibility index (Phi) is 6.26. The summed E-state index contributed by atoms with van der Waals surface area (Å²) in [7, 11) is 0. The fourth-order valence-corrected chi connectivity index (χ4v) is 2.83. The molecule has 2 heteroatoms. The Hall–Kier alpha value is -0.0800. The van der Waals surface area contributed by atoms with Gasteiger partial charge >= 0.3 is 0 Å². The average molecular weight is 213 g/mol. The van der Waals surface area contributed by atoms with Crippen LogP contribution in [0.1, 0.15) is 52.4 Å². The number of aliphatic hydroxyl groups excluding tert-OH is 1. The van der Waals surface area contributed by atoms with Crippen LogP contribution < -0.4 is 0 Å². The first-order valence-electron chi connectivity index (χ1n) is 6.64. The molecule has 1 aliphatic carbocycles. The SMILES string of the molecule is CCCN(CCCCO)C1CCCC1C. The van der Waals surface area contributed by atoms with Crippen molar-refractivity contribution in [1.82, 2.24) is 4.90 Å². The van der Waals surface area contributed by atoms with E-state index >= 15 is 0 Å². The van der Waals surface area contributed by atoms with Crippen molar-refractivity contribution in [1.29, 1.82) is 0 Å². The third-order valence-electron chi connectivity index (χ3n) is 3.65. The smallest absolute Gasteiger partial charge is 0.0431 e. The van der Waals surface area contributed by atoms with Crippen LogP contribution in [0, 0.1) is 5.92 Å². The molecule has 0 aromatic carbocycles. The molecule has 1 fully saturated rings. The minimum Gasteiger partial charge on any atom is -0.396 e. The quantitative estimate of drug-likeness (QED) is 0.657. The molecule has 0 heterocycles. The summed E-state index contributed by atoms with van der Waals surface area (Å²) in [5.74, 6) is 0.880. The maximum atomic E-state index is 8.81. The summed E-state index contributed by atoms with van der Waals surface area (Å²) in [6.45, 7) is 7.43. The van der Waals surface area contributed by atoms with Gasteiger partial charge in [-0.15, -0.1) is 0 Å². The van der Waals surface area contributed by atoms with Gasteiger partial charge in [0, 0.05) is 12.6 Å². The van der Waals surface area contributed by atoms with Gasteiger partial charge in [-0.1, -0.05) is 20.3 Å². The molecule has 15 heavy (non-hydrogen) atoms. The van der Waals surface area contributed by atoms with Crippen LogP contribution in [0.5, 0.6) is 0 Å². The monoisotopic (exact) mass is 213 g/mol. The summed E-state index contributed by atoms with van der Waals surface area (Å²) in [6, 6.07) is 0.823. The summed E-state index contributed by atoms with van der Waals surface area (Å²) in [6.07, 6.45) is 7.57. The first-order chi connectivity index (χ1) is 7.29. The second kappa shape index (κ2) is 7.24. The molecule has 0 aromatic heterocycles. The third-order valence-corrected chi connectivity index (χ3v) is 3.65. The zero-order valence-electron chi connectivity index (χ0n) is 10.4. The van der Waals surface area contributed by atoms with Crippen molar-refractivity contribution in [2.45, 2.75) is 58.4 Å². The lowest BCUT2D eigenvalue weighted by Gasteiger charge is -2.31. The molecule has 0 saturated heterocycles. The summed E-state index contributed by atoms with van der Waals surface area (Å²) >= 11 is 0. The largest absolute Gasteiger partial charge is 0.396 e. The van der Waals surface area contributed by atoms with Crippen LogP contribution in [-0.4, -0.2) is 35.7 Å². The average Bonchev–Trinajstić information content (AvgIpc) is 2.64. The van der Waals surface area contributed by atoms with E-state index in [1.807, 2.05) is 0 Å². The predicted octanol–water partition coefficient (Wildman–Crippen LogP) is 2.66.